The monoisotopic (exact) mass is 297 g/mol. The molecule has 106 valence electrons. The van der Waals surface area contributed by atoms with Gasteiger partial charge in [-0.15, -0.1) is 0 Å². The summed E-state index contributed by atoms with van der Waals surface area (Å²) in [5.41, 5.74) is 11.0. The second-order valence-corrected chi connectivity index (χ2v) is 5.43. The van der Waals surface area contributed by atoms with E-state index >= 15 is 0 Å². The van der Waals surface area contributed by atoms with Crippen LogP contribution in [0.25, 0.3) is 16.9 Å². The summed E-state index contributed by atoms with van der Waals surface area (Å²) in [6, 6.07) is 15.9. The Morgan fingerprint density at radius 2 is 1.71 bits per heavy atom. The number of rotatable bonds is 3. The molecule has 0 fully saturated rings. The molecule has 1 aromatic heterocycles. The zero-order chi connectivity index (χ0) is 14.8. The van der Waals surface area contributed by atoms with Crippen LogP contribution in [0.2, 0.25) is 5.02 Å². The molecule has 0 aliphatic heterocycles. The molecule has 1 heterocycles. The molecule has 0 radical (unpaired) electrons. The third-order valence-corrected chi connectivity index (χ3v) is 3.68. The number of benzene rings is 2. The molecule has 21 heavy (non-hydrogen) atoms. The lowest BCUT2D eigenvalue weighted by Gasteiger charge is -2.02. The predicted molar refractivity (Wildman–Crippen MR) is 86.6 cm³/mol. The zero-order valence-electron chi connectivity index (χ0n) is 11.8. The van der Waals surface area contributed by atoms with Crippen molar-refractivity contribution < 1.29 is 0 Å². The molecule has 0 unspecified atom stereocenters. The van der Waals surface area contributed by atoms with Crippen LogP contribution < -0.4 is 5.73 Å². The Morgan fingerprint density at radius 1 is 1.05 bits per heavy atom. The second kappa shape index (κ2) is 5.72. The first-order valence-corrected chi connectivity index (χ1v) is 7.17. The molecule has 0 aliphatic rings. The number of hydrogen-bond acceptors (Lipinski definition) is 2. The third-order valence-electron chi connectivity index (χ3n) is 3.43. The van der Waals surface area contributed by atoms with E-state index in [0.717, 1.165) is 22.5 Å². The van der Waals surface area contributed by atoms with Crippen LogP contribution in [0.5, 0.6) is 0 Å². The van der Waals surface area contributed by atoms with Gasteiger partial charge < -0.3 is 5.73 Å². The molecule has 0 atom stereocenters. The van der Waals surface area contributed by atoms with Gasteiger partial charge in [0.15, 0.2) is 0 Å². The first kappa shape index (κ1) is 13.9. The molecule has 2 N–H and O–H groups in total. The fourth-order valence-electron chi connectivity index (χ4n) is 2.24. The molecule has 0 saturated heterocycles. The molecular weight excluding hydrogens is 282 g/mol. The average molecular weight is 298 g/mol. The summed E-state index contributed by atoms with van der Waals surface area (Å²) in [4.78, 5) is 0. The molecule has 0 spiro atoms. The van der Waals surface area contributed by atoms with Crippen molar-refractivity contribution in [1.82, 2.24) is 9.78 Å². The highest BCUT2D eigenvalue weighted by atomic mass is 35.5. The van der Waals surface area contributed by atoms with Crippen molar-refractivity contribution in [3.63, 3.8) is 0 Å². The molecular formula is C17H16ClN3. The fourth-order valence-corrected chi connectivity index (χ4v) is 2.37. The van der Waals surface area contributed by atoms with Gasteiger partial charge in [0.05, 0.1) is 11.4 Å². The highest BCUT2D eigenvalue weighted by Gasteiger charge is 2.11. The first-order chi connectivity index (χ1) is 10.2. The van der Waals surface area contributed by atoms with E-state index in [2.05, 4.69) is 24.2 Å². The van der Waals surface area contributed by atoms with Gasteiger partial charge in [0.25, 0.3) is 0 Å². The molecule has 4 heteroatoms. The van der Waals surface area contributed by atoms with Crippen LogP contribution in [-0.4, -0.2) is 9.78 Å². The fraction of sp³-hybridized carbons (Fsp3) is 0.118. The van der Waals surface area contributed by atoms with Crippen LogP contribution in [0, 0.1) is 6.92 Å². The van der Waals surface area contributed by atoms with Crippen LogP contribution in [0.1, 0.15) is 11.1 Å². The van der Waals surface area contributed by atoms with Crippen LogP contribution in [-0.2, 0) is 6.54 Å². The van der Waals surface area contributed by atoms with Crippen LogP contribution in [0.3, 0.4) is 0 Å². The summed E-state index contributed by atoms with van der Waals surface area (Å²) in [6.45, 7) is 2.52. The zero-order valence-corrected chi connectivity index (χ0v) is 12.5. The summed E-state index contributed by atoms with van der Waals surface area (Å²) in [5.74, 6) is 0. The Bertz CT molecular complexity index is 743. The van der Waals surface area contributed by atoms with E-state index in [9.17, 15) is 0 Å². The summed E-state index contributed by atoms with van der Waals surface area (Å²) < 4.78 is 1.87. The average Bonchev–Trinajstić information content (AvgIpc) is 2.93. The quantitative estimate of drug-likeness (QED) is 0.795. The minimum Gasteiger partial charge on any atom is -0.326 e. The van der Waals surface area contributed by atoms with E-state index in [4.69, 9.17) is 17.3 Å². The van der Waals surface area contributed by atoms with Gasteiger partial charge in [-0.1, -0.05) is 41.4 Å². The molecule has 0 aliphatic carbocycles. The van der Waals surface area contributed by atoms with Crippen molar-refractivity contribution in [2.24, 2.45) is 5.73 Å². The Hall–Kier alpha value is -2.10. The lowest BCUT2D eigenvalue weighted by molar-refractivity contribution is 0.882. The topological polar surface area (TPSA) is 43.8 Å². The summed E-state index contributed by atoms with van der Waals surface area (Å²) in [7, 11) is 0. The molecule has 0 saturated carbocycles. The van der Waals surface area contributed by atoms with Gasteiger partial charge >= 0.3 is 0 Å². The second-order valence-electron chi connectivity index (χ2n) is 4.99. The van der Waals surface area contributed by atoms with E-state index in [-0.39, 0.29) is 0 Å². The van der Waals surface area contributed by atoms with E-state index < -0.39 is 0 Å². The van der Waals surface area contributed by atoms with Crippen molar-refractivity contribution in [2.45, 2.75) is 13.5 Å². The maximum Gasteiger partial charge on any atom is 0.0972 e. The van der Waals surface area contributed by atoms with Gasteiger partial charge in [-0.3, -0.25) is 0 Å². The Kier molecular flexibility index (Phi) is 3.78. The third kappa shape index (κ3) is 2.84. The molecule has 3 nitrogen and oxygen atoms in total. The van der Waals surface area contributed by atoms with E-state index in [1.807, 2.05) is 47.3 Å². The number of nitrogens with zero attached hydrogens (tertiary/aromatic N) is 2. The van der Waals surface area contributed by atoms with Gasteiger partial charge in [-0.25, -0.2) is 4.68 Å². The van der Waals surface area contributed by atoms with Gasteiger partial charge in [0, 0.05) is 28.9 Å². The van der Waals surface area contributed by atoms with Crippen molar-refractivity contribution in [1.29, 1.82) is 0 Å². The van der Waals surface area contributed by atoms with Gasteiger partial charge in [0.2, 0.25) is 0 Å². The van der Waals surface area contributed by atoms with Crippen LogP contribution in [0.15, 0.2) is 54.7 Å². The lowest BCUT2D eigenvalue weighted by Crippen LogP contribution is -1.96. The van der Waals surface area contributed by atoms with Crippen LogP contribution >= 0.6 is 11.6 Å². The SMILES string of the molecule is Cc1ccc(-n2cc(CN)c(-c3ccc(Cl)cc3)n2)cc1. The Labute approximate surface area is 129 Å². The highest BCUT2D eigenvalue weighted by molar-refractivity contribution is 6.30. The maximum atomic E-state index is 5.94. The van der Waals surface area contributed by atoms with Crippen molar-refractivity contribution >= 4 is 11.6 Å². The number of halogens is 1. The minimum absolute atomic E-state index is 0.448. The van der Waals surface area contributed by atoms with Crippen LogP contribution in [0.4, 0.5) is 0 Å². The van der Waals surface area contributed by atoms with E-state index in [1.165, 1.54) is 5.56 Å². The Balaban J connectivity index is 2.05. The van der Waals surface area contributed by atoms with Gasteiger partial charge in [-0.2, -0.15) is 5.10 Å². The number of hydrogen-bond donors (Lipinski definition) is 1. The summed E-state index contributed by atoms with van der Waals surface area (Å²) in [5, 5.41) is 5.39. The summed E-state index contributed by atoms with van der Waals surface area (Å²) >= 11 is 5.94. The maximum absolute atomic E-state index is 5.94. The van der Waals surface area contributed by atoms with Gasteiger partial charge in [0.1, 0.15) is 0 Å². The van der Waals surface area contributed by atoms with Crippen molar-refractivity contribution in [2.75, 3.05) is 0 Å². The largest absolute Gasteiger partial charge is 0.326 e. The molecule has 2 aromatic carbocycles. The number of aryl methyl sites for hydroxylation is 1. The first-order valence-electron chi connectivity index (χ1n) is 6.79. The highest BCUT2D eigenvalue weighted by Crippen LogP contribution is 2.25. The molecule has 0 amide bonds. The van der Waals surface area contributed by atoms with Crippen molar-refractivity contribution in [3.05, 3.63) is 70.9 Å². The number of aromatic nitrogens is 2. The molecule has 3 aromatic rings. The number of nitrogens with two attached hydrogens (primary N) is 1. The predicted octanol–water partition coefficient (Wildman–Crippen LogP) is 3.96. The van der Waals surface area contributed by atoms with E-state index in [0.29, 0.717) is 11.6 Å². The normalized spacial score (nSPS) is 10.8. The Morgan fingerprint density at radius 3 is 2.33 bits per heavy atom. The lowest BCUT2D eigenvalue weighted by atomic mass is 10.1. The molecule has 0 bridgehead atoms. The summed E-state index contributed by atoms with van der Waals surface area (Å²) in [6.07, 6.45) is 1.98. The van der Waals surface area contributed by atoms with Gasteiger partial charge in [-0.05, 0) is 31.2 Å². The smallest absolute Gasteiger partial charge is 0.0972 e. The standard InChI is InChI=1S/C17H16ClN3/c1-12-2-8-16(9-3-12)21-11-14(10-19)17(20-21)13-4-6-15(18)7-5-13/h2-9,11H,10,19H2,1H3. The van der Waals surface area contributed by atoms with E-state index in [1.54, 1.807) is 0 Å². The molecule has 3 rings (SSSR count). The minimum atomic E-state index is 0.448. The van der Waals surface area contributed by atoms with Crippen molar-refractivity contribution in [3.8, 4) is 16.9 Å².